The van der Waals surface area contributed by atoms with Crippen LogP contribution in [0.1, 0.15) is 13.8 Å². The van der Waals surface area contributed by atoms with E-state index in [-0.39, 0.29) is 12.5 Å². The van der Waals surface area contributed by atoms with Crippen LogP contribution in [-0.4, -0.2) is 43.0 Å². The fourth-order valence-corrected chi connectivity index (χ4v) is 2.25. The Morgan fingerprint density at radius 1 is 1.59 bits per heavy atom. The maximum Gasteiger partial charge on any atom is 0.332 e. The molecule has 1 amide bonds. The predicted octanol–water partition coefficient (Wildman–Crippen LogP) is 0.718. The van der Waals surface area contributed by atoms with Crippen LogP contribution in [0.4, 0.5) is 0 Å². The first kappa shape index (κ1) is 14.5. The summed E-state index contributed by atoms with van der Waals surface area (Å²) in [5.74, 6) is -0.219. The molecule has 1 aliphatic heterocycles. The molecule has 0 saturated carbocycles. The van der Waals surface area contributed by atoms with Crippen molar-refractivity contribution in [2.24, 2.45) is 0 Å². The summed E-state index contributed by atoms with van der Waals surface area (Å²) in [6, 6.07) is -0.501. The van der Waals surface area contributed by atoms with Gasteiger partial charge in [0.2, 0.25) is 5.91 Å². The van der Waals surface area contributed by atoms with Gasteiger partial charge in [0.1, 0.15) is 0 Å². The lowest BCUT2D eigenvalue weighted by atomic mass is 10.1. The summed E-state index contributed by atoms with van der Waals surface area (Å²) < 4.78 is 15.7. The van der Waals surface area contributed by atoms with Gasteiger partial charge >= 0.3 is 8.60 Å². The van der Waals surface area contributed by atoms with Gasteiger partial charge in [0.25, 0.3) is 0 Å². The molecule has 2 N–H and O–H groups in total. The van der Waals surface area contributed by atoms with E-state index >= 15 is 0 Å². The van der Waals surface area contributed by atoms with Crippen LogP contribution >= 0.6 is 8.60 Å². The molecule has 1 aliphatic rings. The molecule has 0 aliphatic carbocycles. The number of carbonyl (C=O) groups excluding carboxylic acids is 1. The third-order valence-electron chi connectivity index (χ3n) is 2.03. The second-order valence-corrected chi connectivity index (χ2v) is 4.73. The molecule has 0 radical (unpaired) electrons. The molecule has 0 bridgehead atoms. The molecule has 98 valence electrons. The number of aliphatic hydroxyl groups is 1. The van der Waals surface area contributed by atoms with Crippen molar-refractivity contribution in [2.45, 2.75) is 26.0 Å². The minimum Gasteiger partial charge on any atom is -0.387 e. The molecular formula is C10H18NO5P. The Labute approximate surface area is 102 Å². The van der Waals surface area contributed by atoms with Crippen molar-refractivity contribution in [2.75, 3.05) is 19.8 Å². The molecule has 6 nitrogen and oxygen atoms in total. The summed E-state index contributed by atoms with van der Waals surface area (Å²) in [7, 11) is -1.32. The molecular weight excluding hydrogens is 245 g/mol. The van der Waals surface area contributed by atoms with Gasteiger partial charge in [-0.3, -0.25) is 4.79 Å². The zero-order valence-electron chi connectivity index (χ0n) is 9.96. The smallest absolute Gasteiger partial charge is 0.332 e. The Bertz CT molecular complexity index is 267. The van der Waals surface area contributed by atoms with E-state index in [0.717, 1.165) is 0 Å². The topological polar surface area (TPSA) is 77.0 Å². The number of rotatable bonds is 6. The summed E-state index contributed by atoms with van der Waals surface area (Å²) in [5.41, 5.74) is 0. The predicted molar refractivity (Wildman–Crippen MR) is 63.2 cm³/mol. The lowest BCUT2D eigenvalue weighted by Gasteiger charge is -2.21. The molecule has 17 heavy (non-hydrogen) atoms. The van der Waals surface area contributed by atoms with Crippen molar-refractivity contribution in [3.8, 4) is 0 Å². The molecule has 2 atom stereocenters. The van der Waals surface area contributed by atoms with Crippen LogP contribution in [0.25, 0.3) is 0 Å². The van der Waals surface area contributed by atoms with Crippen LogP contribution in [0.3, 0.4) is 0 Å². The Hall–Kier alpha value is -0.520. The lowest BCUT2D eigenvalue weighted by Crippen LogP contribution is -2.44. The van der Waals surface area contributed by atoms with E-state index in [9.17, 15) is 9.90 Å². The van der Waals surface area contributed by atoms with Crippen LogP contribution in [0.5, 0.6) is 0 Å². The third-order valence-corrected chi connectivity index (χ3v) is 3.17. The van der Waals surface area contributed by atoms with Crippen molar-refractivity contribution in [3.63, 3.8) is 0 Å². The summed E-state index contributed by atoms with van der Waals surface area (Å²) in [6.07, 6.45) is 2.52. The number of carbonyl (C=O) groups is 1. The van der Waals surface area contributed by atoms with Gasteiger partial charge in [-0.15, -0.1) is 0 Å². The molecule has 1 saturated heterocycles. The average molecular weight is 263 g/mol. The molecule has 1 fully saturated rings. The van der Waals surface area contributed by atoms with E-state index in [2.05, 4.69) is 5.32 Å². The SMILES string of the molecule is C/C=C/[C@@H](O)C(COP1OCCO1)NC(C)=O. The van der Waals surface area contributed by atoms with Crippen molar-refractivity contribution in [3.05, 3.63) is 12.2 Å². The highest BCUT2D eigenvalue weighted by Gasteiger charge is 2.24. The highest BCUT2D eigenvalue weighted by molar-refractivity contribution is 7.41. The summed E-state index contributed by atoms with van der Waals surface area (Å²) in [4.78, 5) is 11.0. The first-order valence-corrected chi connectivity index (χ1v) is 6.50. The van der Waals surface area contributed by atoms with Crippen molar-refractivity contribution in [1.82, 2.24) is 5.32 Å². The van der Waals surface area contributed by atoms with Gasteiger partial charge in [-0.2, -0.15) is 0 Å². The minimum atomic E-state index is -1.32. The Kier molecular flexibility index (Phi) is 6.62. The molecule has 1 heterocycles. The molecule has 0 aromatic heterocycles. The largest absolute Gasteiger partial charge is 0.387 e. The van der Waals surface area contributed by atoms with Crippen LogP contribution in [-0.2, 0) is 18.4 Å². The number of hydrogen-bond donors (Lipinski definition) is 2. The average Bonchev–Trinajstić information content (AvgIpc) is 2.76. The first-order valence-electron chi connectivity index (χ1n) is 5.40. The third kappa shape index (κ3) is 5.57. The number of hydrogen-bond acceptors (Lipinski definition) is 5. The summed E-state index contributed by atoms with van der Waals surface area (Å²) >= 11 is 0. The summed E-state index contributed by atoms with van der Waals surface area (Å²) in [5, 5.41) is 12.4. The maximum absolute atomic E-state index is 11.0. The maximum atomic E-state index is 11.0. The second-order valence-electron chi connectivity index (χ2n) is 3.51. The van der Waals surface area contributed by atoms with Crippen molar-refractivity contribution < 1.29 is 23.5 Å². The number of allylic oxidation sites excluding steroid dienone is 1. The quantitative estimate of drug-likeness (QED) is 0.545. The fraction of sp³-hybridized carbons (Fsp3) is 0.700. The van der Waals surface area contributed by atoms with E-state index in [1.54, 1.807) is 19.1 Å². The van der Waals surface area contributed by atoms with Gasteiger partial charge in [0.05, 0.1) is 32.0 Å². The Morgan fingerprint density at radius 2 is 2.24 bits per heavy atom. The van der Waals surface area contributed by atoms with Gasteiger partial charge < -0.3 is 24.0 Å². The van der Waals surface area contributed by atoms with E-state index in [1.165, 1.54) is 6.92 Å². The first-order chi connectivity index (χ1) is 8.13. The van der Waals surface area contributed by atoms with Gasteiger partial charge in [-0.1, -0.05) is 12.2 Å². The molecule has 7 heteroatoms. The summed E-state index contributed by atoms with van der Waals surface area (Å²) in [6.45, 7) is 4.38. The highest BCUT2D eigenvalue weighted by atomic mass is 31.2. The Morgan fingerprint density at radius 3 is 2.76 bits per heavy atom. The van der Waals surface area contributed by atoms with E-state index in [0.29, 0.717) is 13.2 Å². The fourth-order valence-electron chi connectivity index (χ4n) is 1.29. The zero-order chi connectivity index (χ0) is 12.7. The standard InChI is InChI=1S/C10H18NO5P/c1-3-4-10(13)9(11-8(2)12)7-16-17-14-5-6-15-17/h3-4,9-10,13H,5-7H2,1-2H3,(H,11,12)/b4-3+/t9?,10-/m1/s1. The normalized spacial score (nSPS) is 20.6. The zero-order valence-corrected chi connectivity index (χ0v) is 10.9. The molecule has 1 rings (SSSR count). The molecule has 1 unspecified atom stereocenters. The monoisotopic (exact) mass is 263 g/mol. The second kappa shape index (κ2) is 7.74. The van der Waals surface area contributed by atoms with Gasteiger partial charge in [-0.05, 0) is 6.92 Å². The number of amides is 1. The van der Waals surface area contributed by atoms with Crippen molar-refractivity contribution >= 4 is 14.5 Å². The van der Waals surface area contributed by atoms with Crippen LogP contribution < -0.4 is 5.32 Å². The molecule has 0 aromatic carbocycles. The molecule has 0 spiro atoms. The van der Waals surface area contributed by atoms with Crippen LogP contribution in [0.15, 0.2) is 12.2 Å². The van der Waals surface area contributed by atoms with E-state index < -0.39 is 20.7 Å². The lowest BCUT2D eigenvalue weighted by molar-refractivity contribution is -0.120. The van der Waals surface area contributed by atoms with Gasteiger partial charge in [0.15, 0.2) is 0 Å². The highest BCUT2D eigenvalue weighted by Crippen LogP contribution is 2.43. The van der Waals surface area contributed by atoms with Crippen molar-refractivity contribution in [1.29, 1.82) is 0 Å². The van der Waals surface area contributed by atoms with Crippen LogP contribution in [0, 0.1) is 0 Å². The number of aliphatic hydroxyl groups excluding tert-OH is 1. The Balaban J connectivity index is 2.41. The van der Waals surface area contributed by atoms with Gasteiger partial charge in [0, 0.05) is 6.92 Å². The minimum absolute atomic E-state index is 0.150. The number of nitrogens with one attached hydrogen (secondary N) is 1. The molecule has 0 aromatic rings. The van der Waals surface area contributed by atoms with Crippen LogP contribution in [0.2, 0.25) is 0 Å². The van der Waals surface area contributed by atoms with E-state index in [1.807, 2.05) is 0 Å². The van der Waals surface area contributed by atoms with Gasteiger partial charge in [-0.25, -0.2) is 0 Å². The van der Waals surface area contributed by atoms with E-state index in [4.69, 9.17) is 13.6 Å².